The summed E-state index contributed by atoms with van der Waals surface area (Å²) < 4.78 is 5.12. The zero-order chi connectivity index (χ0) is 22.3. The summed E-state index contributed by atoms with van der Waals surface area (Å²) in [6.45, 7) is 0. The van der Waals surface area contributed by atoms with Gasteiger partial charge in [-0.15, -0.1) is 11.3 Å². The van der Waals surface area contributed by atoms with Crippen molar-refractivity contribution in [1.29, 1.82) is 0 Å². The SMILES string of the molecule is COc1ccc(/C=N\NC(=O)c2ccc(-c3csc(Nc4ccccc4)n3)cc2)cc1Cl. The average Bonchev–Trinajstić information content (AvgIpc) is 3.28. The van der Waals surface area contributed by atoms with Gasteiger partial charge in [-0.3, -0.25) is 4.79 Å². The fourth-order valence-corrected chi connectivity index (χ4v) is 3.90. The van der Waals surface area contributed by atoms with Crippen LogP contribution < -0.4 is 15.5 Å². The molecule has 4 aromatic rings. The first-order valence-electron chi connectivity index (χ1n) is 9.67. The molecule has 8 heteroatoms. The van der Waals surface area contributed by atoms with E-state index >= 15 is 0 Å². The third kappa shape index (κ3) is 5.32. The minimum absolute atomic E-state index is 0.308. The number of hydrogen-bond donors (Lipinski definition) is 2. The number of carbonyl (C=O) groups excluding carboxylic acids is 1. The van der Waals surface area contributed by atoms with E-state index < -0.39 is 0 Å². The monoisotopic (exact) mass is 462 g/mol. The molecule has 160 valence electrons. The molecule has 6 nitrogen and oxygen atoms in total. The number of amides is 1. The van der Waals surface area contributed by atoms with Gasteiger partial charge in [-0.2, -0.15) is 5.10 Å². The Bertz CT molecular complexity index is 1240. The maximum absolute atomic E-state index is 12.4. The van der Waals surface area contributed by atoms with Crippen LogP contribution in [0.1, 0.15) is 15.9 Å². The third-order valence-corrected chi connectivity index (χ3v) is 5.58. The lowest BCUT2D eigenvalue weighted by Gasteiger charge is -2.04. The number of hydrazone groups is 1. The molecule has 1 amide bonds. The molecule has 0 aliphatic carbocycles. The quantitative estimate of drug-likeness (QED) is 0.261. The molecule has 4 rings (SSSR count). The molecule has 0 saturated carbocycles. The Morgan fingerprint density at radius 3 is 2.59 bits per heavy atom. The van der Waals surface area contributed by atoms with Crippen molar-refractivity contribution in [3.8, 4) is 17.0 Å². The standard InChI is InChI=1S/C24H19ClN4O2S/c1-31-22-12-7-16(13-20(22)25)14-26-29-23(30)18-10-8-17(9-11-18)21-15-32-24(28-21)27-19-5-3-2-4-6-19/h2-15H,1H3,(H,27,28)(H,29,30)/b26-14-. The van der Waals surface area contributed by atoms with Gasteiger partial charge < -0.3 is 10.1 Å². The van der Waals surface area contributed by atoms with Gasteiger partial charge in [0.25, 0.3) is 5.91 Å². The zero-order valence-electron chi connectivity index (χ0n) is 17.1. The second-order valence-corrected chi connectivity index (χ2v) is 7.96. The van der Waals surface area contributed by atoms with Gasteiger partial charge in [-0.05, 0) is 48.0 Å². The van der Waals surface area contributed by atoms with Crippen LogP contribution in [0, 0.1) is 0 Å². The fourth-order valence-electron chi connectivity index (χ4n) is 2.89. The number of halogens is 1. The van der Waals surface area contributed by atoms with Crippen LogP contribution in [0.3, 0.4) is 0 Å². The lowest BCUT2D eigenvalue weighted by Crippen LogP contribution is -2.17. The van der Waals surface area contributed by atoms with Gasteiger partial charge in [-0.1, -0.05) is 41.9 Å². The van der Waals surface area contributed by atoms with E-state index in [9.17, 15) is 4.79 Å². The van der Waals surface area contributed by atoms with Crippen LogP contribution in [0.4, 0.5) is 10.8 Å². The summed E-state index contributed by atoms with van der Waals surface area (Å²) in [6, 6.07) is 22.3. The predicted octanol–water partition coefficient (Wildman–Crippen LogP) is 5.98. The molecule has 0 unspecified atom stereocenters. The average molecular weight is 463 g/mol. The first-order chi connectivity index (χ1) is 15.6. The van der Waals surface area contributed by atoms with E-state index in [4.69, 9.17) is 16.3 Å². The van der Waals surface area contributed by atoms with E-state index in [0.717, 1.165) is 27.6 Å². The minimum Gasteiger partial charge on any atom is -0.495 e. The molecule has 0 bridgehead atoms. The molecule has 3 aromatic carbocycles. The number of nitrogens with one attached hydrogen (secondary N) is 2. The summed E-state index contributed by atoms with van der Waals surface area (Å²) >= 11 is 7.62. The Morgan fingerprint density at radius 2 is 1.88 bits per heavy atom. The highest BCUT2D eigenvalue weighted by Crippen LogP contribution is 2.27. The summed E-state index contributed by atoms with van der Waals surface area (Å²) in [6.07, 6.45) is 1.52. The van der Waals surface area contributed by atoms with Crippen molar-refractivity contribution in [1.82, 2.24) is 10.4 Å². The number of hydrogen-bond acceptors (Lipinski definition) is 6. The number of nitrogens with zero attached hydrogens (tertiary/aromatic N) is 2. The van der Waals surface area contributed by atoms with Crippen LogP contribution in [-0.4, -0.2) is 24.2 Å². The van der Waals surface area contributed by atoms with Crippen LogP contribution in [0.25, 0.3) is 11.3 Å². The van der Waals surface area contributed by atoms with E-state index in [1.807, 2.05) is 47.8 Å². The van der Waals surface area contributed by atoms with Crippen molar-refractivity contribution in [2.24, 2.45) is 5.10 Å². The van der Waals surface area contributed by atoms with Gasteiger partial charge in [0.05, 0.1) is 24.0 Å². The normalized spacial score (nSPS) is 10.8. The van der Waals surface area contributed by atoms with Crippen LogP contribution >= 0.6 is 22.9 Å². The summed E-state index contributed by atoms with van der Waals surface area (Å²) in [7, 11) is 1.55. The van der Waals surface area contributed by atoms with Crippen molar-refractivity contribution in [2.75, 3.05) is 12.4 Å². The van der Waals surface area contributed by atoms with Crippen LogP contribution in [0.15, 0.2) is 83.3 Å². The second kappa shape index (κ2) is 10.1. The molecule has 1 heterocycles. The highest BCUT2D eigenvalue weighted by Gasteiger charge is 2.08. The molecule has 1 aromatic heterocycles. The van der Waals surface area contributed by atoms with E-state index in [-0.39, 0.29) is 5.91 Å². The number of rotatable bonds is 7. The largest absolute Gasteiger partial charge is 0.495 e. The van der Waals surface area contributed by atoms with Gasteiger partial charge in [0.2, 0.25) is 0 Å². The Hall–Kier alpha value is -3.68. The number of para-hydroxylation sites is 1. The second-order valence-electron chi connectivity index (χ2n) is 6.70. The Kier molecular flexibility index (Phi) is 6.79. The molecule has 0 atom stereocenters. The van der Waals surface area contributed by atoms with Crippen molar-refractivity contribution in [3.05, 3.63) is 94.3 Å². The number of ether oxygens (including phenoxy) is 1. The molecule has 0 radical (unpaired) electrons. The van der Waals surface area contributed by atoms with Crippen molar-refractivity contribution >= 4 is 45.9 Å². The molecule has 32 heavy (non-hydrogen) atoms. The van der Waals surface area contributed by atoms with Crippen molar-refractivity contribution in [2.45, 2.75) is 0 Å². The number of benzene rings is 3. The Balaban J connectivity index is 1.37. The van der Waals surface area contributed by atoms with Crippen molar-refractivity contribution < 1.29 is 9.53 Å². The van der Waals surface area contributed by atoms with Crippen LogP contribution in [-0.2, 0) is 0 Å². The number of thiazole rings is 1. The summed E-state index contributed by atoms with van der Waals surface area (Å²) in [5.41, 5.74) is 6.51. The molecule has 0 aliphatic rings. The summed E-state index contributed by atoms with van der Waals surface area (Å²) in [4.78, 5) is 17.0. The Labute approximate surface area is 194 Å². The highest BCUT2D eigenvalue weighted by molar-refractivity contribution is 7.14. The lowest BCUT2D eigenvalue weighted by molar-refractivity contribution is 0.0955. The number of aromatic nitrogens is 1. The number of methoxy groups -OCH3 is 1. The first-order valence-corrected chi connectivity index (χ1v) is 10.9. The molecular weight excluding hydrogens is 444 g/mol. The maximum atomic E-state index is 12.4. The van der Waals surface area contributed by atoms with E-state index in [1.54, 1.807) is 37.4 Å². The predicted molar refractivity (Wildman–Crippen MR) is 130 cm³/mol. The number of anilines is 2. The van der Waals surface area contributed by atoms with Gasteiger partial charge in [0.1, 0.15) is 5.75 Å². The van der Waals surface area contributed by atoms with Gasteiger partial charge in [0, 0.05) is 22.2 Å². The maximum Gasteiger partial charge on any atom is 0.271 e. The van der Waals surface area contributed by atoms with Gasteiger partial charge in [-0.25, -0.2) is 10.4 Å². The van der Waals surface area contributed by atoms with Crippen molar-refractivity contribution in [3.63, 3.8) is 0 Å². The zero-order valence-corrected chi connectivity index (χ0v) is 18.7. The van der Waals surface area contributed by atoms with Crippen LogP contribution in [0.2, 0.25) is 5.02 Å². The summed E-state index contributed by atoms with van der Waals surface area (Å²) in [5.74, 6) is 0.271. The molecule has 0 spiro atoms. The van der Waals surface area contributed by atoms with Gasteiger partial charge in [0.15, 0.2) is 5.13 Å². The smallest absolute Gasteiger partial charge is 0.271 e. The fraction of sp³-hybridized carbons (Fsp3) is 0.0417. The molecule has 0 fully saturated rings. The topological polar surface area (TPSA) is 75.6 Å². The Morgan fingerprint density at radius 1 is 1.09 bits per heavy atom. The first kappa shape index (κ1) is 21.5. The third-order valence-electron chi connectivity index (χ3n) is 4.53. The van der Waals surface area contributed by atoms with E-state index in [1.165, 1.54) is 17.6 Å². The highest BCUT2D eigenvalue weighted by atomic mass is 35.5. The molecular formula is C24H19ClN4O2S. The van der Waals surface area contributed by atoms with Crippen LogP contribution in [0.5, 0.6) is 5.75 Å². The molecule has 0 aliphatic heterocycles. The minimum atomic E-state index is -0.308. The molecule has 0 saturated heterocycles. The van der Waals surface area contributed by atoms with Gasteiger partial charge >= 0.3 is 0 Å². The number of carbonyl (C=O) groups is 1. The molecule has 2 N–H and O–H groups in total. The summed E-state index contributed by atoms with van der Waals surface area (Å²) in [5, 5.41) is 10.5. The lowest BCUT2D eigenvalue weighted by atomic mass is 10.1. The van der Waals surface area contributed by atoms with E-state index in [2.05, 4.69) is 20.8 Å². The van der Waals surface area contributed by atoms with E-state index in [0.29, 0.717) is 16.3 Å².